The molecule has 2 rings (SSSR count). The van der Waals surface area contributed by atoms with Crippen molar-refractivity contribution in [3.8, 4) is 0 Å². The Kier molecular flexibility index (Phi) is 3.57. The summed E-state index contributed by atoms with van der Waals surface area (Å²) in [5.74, 6) is 0.397. The van der Waals surface area contributed by atoms with Crippen LogP contribution in [-0.2, 0) is 6.54 Å². The molecule has 0 radical (unpaired) electrons. The minimum Gasteiger partial charge on any atom is -0.406 e. The number of rotatable bonds is 3. The molecule has 0 unspecified atom stereocenters. The number of anilines is 2. The van der Waals surface area contributed by atoms with Gasteiger partial charge in [0.15, 0.2) is 0 Å². The summed E-state index contributed by atoms with van der Waals surface area (Å²) in [5.41, 5.74) is 6.20. The average molecular weight is 348 g/mol. The van der Waals surface area contributed by atoms with Crippen molar-refractivity contribution >= 4 is 43.6 Å². The molecule has 1 heterocycles. The monoisotopic (exact) mass is 346 g/mol. The lowest BCUT2D eigenvalue weighted by Gasteiger charge is -2.04. The Labute approximate surface area is 109 Å². The summed E-state index contributed by atoms with van der Waals surface area (Å²) in [4.78, 5) is 0. The predicted octanol–water partition coefficient (Wildman–Crippen LogP) is 2.80. The summed E-state index contributed by atoms with van der Waals surface area (Å²) in [7, 11) is 0. The second kappa shape index (κ2) is 4.94. The molecule has 1 aromatic heterocycles. The molecule has 7 heteroatoms. The molecule has 16 heavy (non-hydrogen) atoms. The molecule has 0 aliphatic carbocycles. The Morgan fingerprint density at radius 1 is 1.31 bits per heavy atom. The van der Waals surface area contributed by atoms with E-state index in [1.165, 1.54) is 0 Å². The normalized spacial score (nSPS) is 10.4. The fraction of sp³-hybridized carbons (Fsp3) is 0.111. The standard InChI is InChI=1S/C9H8Br2N4O/c10-5-1-2-6(11)7(3-5)13-9-15-14-8(4-12)16-9/h1-3H,4,12H2,(H,13,15). The number of nitrogens with two attached hydrogens (primary N) is 1. The van der Waals surface area contributed by atoms with Crippen molar-refractivity contribution in [2.75, 3.05) is 5.32 Å². The van der Waals surface area contributed by atoms with Crippen molar-refractivity contribution in [3.05, 3.63) is 33.0 Å². The Bertz CT molecular complexity index is 500. The van der Waals surface area contributed by atoms with Gasteiger partial charge in [0.25, 0.3) is 0 Å². The quantitative estimate of drug-likeness (QED) is 0.892. The number of hydrogen-bond donors (Lipinski definition) is 2. The Morgan fingerprint density at radius 2 is 2.12 bits per heavy atom. The first-order chi connectivity index (χ1) is 7.69. The fourth-order valence-electron chi connectivity index (χ4n) is 1.10. The molecule has 5 nitrogen and oxygen atoms in total. The van der Waals surface area contributed by atoms with Crippen molar-refractivity contribution in [1.82, 2.24) is 10.2 Å². The lowest BCUT2D eigenvalue weighted by atomic mass is 10.3. The molecule has 0 saturated heterocycles. The highest BCUT2D eigenvalue weighted by molar-refractivity contribution is 9.11. The number of halogens is 2. The first-order valence-corrected chi connectivity index (χ1v) is 6.02. The molecule has 0 fully saturated rings. The summed E-state index contributed by atoms with van der Waals surface area (Å²) in [6.07, 6.45) is 0. The maximum Gasteiger partial charge on any atom is 0.320 e. The number of nitrogens with zero attached hydrogens (tertiary/aromatic N) is 2. The molecule has 84 valence electrons. The number of benzene rings is 1. The minimum atomic E-state index is 0.230. The van der Waals surface area contributed by atoms with Gasteiger partial charge in [-0.15, -0.1) is 5.10 Å². The molecule has 0 saturated carbocycles. The molecular formula is C9H8Br2N4O. The van der Waals surface area contributed by atoms with Gasteiger partial charge in [0.2, 0.25) is 5.89 Å². The van der Waals surface area contributed by atoms with Crippen molar-refractivity contribution in [1.29, 1.82) is 0 Å². The van der Waals surface area contributed by atoms with Gasteiger partial charge in [0, 0.05) is 8.95 Å². The highest BCUT2D eigenvalue weighted by atomic mass is 79.9. The van der Waals surface area contributed by atoms with Crippen molar-refractivity contribution in [2.45, 2.75) is 6.54 Å². The Hall–Kier alpha value is -0.920. The van der Waals surface area contributed by atoms with Crippen LogP contribution in [0.3, 0.4) is 0 Å². The molecule has 2 aromatic rings. The Morgan fingerprint density at radius 3 is 2.81 bits per heavy atom. The molecule has 0 spiro atoms. The Balaban J connectivity index is 2.22. The predicted molar refractivity (Wildman–Crippen MR) is 67.3 cm³/mol. The van der Waals surface area contributed by atoms with E-state index < -0.39 is 0 Å². The lowest BCUT2D eigenvalue weighted by molar-refractivity contribution is 0.511. The van der Waals surface area contributed by atoms with E-state index in [1.54, 1.807) is 0 Å². The van der Waals surface area contributed by atoms with Gasteiger partial charge in [-0.1, -0.05) is 21.0 Å². The first-order valence-electron chi connectivity index (χ1n) is 4.43. The van der Waals surface area contributed by atoms with Gasteiger partial charge in [-0.3, -0.25) is 0 Å². The highest BCUT2D eigenvalue weighted by Gasteiger charge is 2.07. The van der Waals surface area contributed by atoms with Crippen molar-refractivity contribution in [3.63, 3.8) is 0 Å². The molecule has 0 amide bonds. The van der Waals surface area contributed by atoms with Crippen LogP contribution in [0.1, 0.15) is 5.89 Å². The second-order valence-corrected chi connectivity index (χ2v) is 4.72. The summed E-state index contributed by atoms with van der Waals surface area (Å²) in [6, 6.07) is 6.05. The lowest BCUT2D eigenvalue weighted by Crippen LogP contribution is -1.95. The highest BCUT2D eigenvalue weighted by Crippen LogP contribution is 2.28. The van der Waals surface area contributed by atoms with Crippen LogP contribution < -0.4 is 11.1 Å². The van der Waals surface area contributed by atoms with Crippen LogP contribution in [-0.4, -0.2) is 10.2 Å². The molecular weight excluding hydrogens is 340 g/mol. The van der Waals surface area contributed by atoms with E-state index >= 15 is 0 Å². The molecule has 0 bridgehead atoms. The van der Waals surface area contributed by atoms with E-state index in [2.05, 4.69) is 47.4 Å². The third-order valence-corrected chi connectivity index (χ3v) is 3.00. The van der Waals surface area contributed by atoms with Crippen LogP contribution >= 0.6 is 31.9 Å². The van der Waals surface area contributed by atoms with Crippen LogP contribution in [0.25, 0.3) is 0 Å². The van der Waals surface area contributed by atoms with E-state index in [1.807, 2.05) is 18.2 Å². The zero-order chi connectivity index (χ0) is 11.5. The SMILES string of the molecule is NCc1nnc(Nc2cc(Br)ccc2Br)o1. The van der Waals surface area contributed by atoms with E-state index in [4.69, 9.17) is 10.2 Å². The van der Waals surface area contributed by atoms with E-state index in [-0.39, 0.29) is 6.54 Å². The first kappa shape index (κ1) is 11.6. The van der Waals surface area contributed by atoms with Crippen LogP contribution in [0.2, 0.25) is 0 Å². The summed E-state index contributed by atoms with van der Waals surface area (Å²) >= 11 is 6.79. The second-order valence-electron chi connectivity index (χ2n) is 2.95. The number of hydrogen-bond acceptors (Lipinski definition) is 5. The van der Waals surface area contributed by atoms with E-state index in [0.717, 1.165) is 14.6 Å². The summed E-state index contributed by atoms with van der Waals surface area (Å²) in [6.45, 7) is 0.230. The van der Waals surface area contributed by atoms with Gasteiger partial charge in [0.1, 0.15) is 0 Å². The van der Waals surface area contributed by atoms with Crippen molar-refractivity contribution < 1.29 is 4.42 Å². The van der Waals surface area contributed by atoms with Crippen molar-refractivity contribution in [2.24, 2.45) is 5.73 Å². The van der Waals surface area contributed by atoms with Crippen LogP contribution in [0.4, 0.5) is 11.7 Å². The maximum atomic E-state index is 5.37. The molecule has 3 N–H and O–H groups in total. The van der Waals surface area contributed by atoms with Crippen LogP contribution in [0.15, 0.2) is 31.6 Å². The molecule has 0 aliphatic heterocycles. The average Bonchev–Trinajstić information content (AvgIpc) is 2.71. The maximum absolute atomic E-state index is 5.37. The van der Waals surface area contributed by atoms with E-state index in [9.17, 15) is 0 Å². The third-order valence-electron chi connectivity index (χ3n) is 1.81. The smallest absolute Gasteiger partial charge is 0.320 e. The third kappa shape index (κ3) is 2.60. The van der Waals surface area contributed by atoms with Gasteiger partial charge in [-0.2, -0.15) is 0 Å². The van der Waals surface area contributed by atoms with Gasteiger partial charge in [-0.25, -0.2) is 0 Å². The van der Waals surface area contributed by atoms with Gasteiger partial charge >= 0.3 is 6.01 Å². The zero-order valence-electron chi connectivity index (χ0n) is 8.08. The minimum absolute atomic E-state index is 0.230. The van der Waals surface area contributed by atoms with Gasteiger partial charge < -0.3 is 15.5 Å². The van der Waals surface area contributed by atoms with Gasteiger partial charge in [0.05, 0.1) is 12.2 Å². The zero-order valence-corrected chi connectivity index (χ0v) is 11.2. The number of aromatic nitrogens is 2. The number of nitrogens with one attached hydrogen (secondary N) is 1. The largest absolute Gasteiger partial charge is 0.406 e. The molecule has 0 atom stereocenters. The summed E-state index contributed by atoms with van der Waals surface area (Å²) < 4.78 is 7.10. The van der Waals surface area contributed by atoms with Crippen LogP contribution in [0, 0.1) is 0 Å². The topological polar surface area (TPSA) is 77.0 Å². The van der Waals surface area contributed by atoms with Crippen LogP contribution in [0.5, 0.6) is 0 Å². The molecule has 0 aliphatic rings. The van der Waals surface area contributed by atoms with E-state index in [0.29, 0.717) is 11.9 Å². The van der Waals surface area contributed by atoms with Gasteiger partial charge in [-0.05, 0) is 34.1 Å². The summed E-state index contributed by atoms with van der Waals surface area (Å²) in [5, 5.41) is 10.6. The fourth-order valence-corrected chi connectivity index (χ4v) is 1.80. The molecule has 1 aromatic carbocycles.